The summed E-state index contributed by atoms with van der Waals surface area (Å²) >= 11 is 3.68. The third-order valence-corrected chi connectivity index (χ3v) is 5.74. The number of rotatable bonds is 5. The van der Waals surface area contributed by atoms with Crippen LogP contribution in [0.3, 0.4) is 0 Å². The van der Waals surface area contributed by atoms with E-state index in [0.717, 1.165) is 39.8 Å². The largest absolute Gasteiger partial charge is 0.224 e. The van der Waals surface area contributed by atoms with Gasteiger partial charge in [0.15, 0.2) is 9.84 Å². The maximum absolute atomic E-state index is 11.4. The first-order valence-electron chi connectivity index (χ1n) is 5.29. The SMILES string of the molecule is CS(=O)(=O)c1ccc(-c2nsnc2SCSC#N)cc1. The van der Waals surface area contributed by atoms with Gasteiger partial charge in [-0.05, 0) is 23.9 Å². The van der Waals surface area contributed by atoms with Crippen molar-refractivity contribution in [3.8, 4) is 16.7 Å². The molecule has 0 fully saturated rings. The van der Waals surface area contributed by atoms with Crippen LogP contribution in [0.1, 0.15) is 0 Å². The predicted octanol–water partition coefficient (Wildman–Crippen LogP) is 2.87. The highest BCUT2D eigenvalue weighted by molar-refractivity contribution is 8.18. The molecule has 2 rings (SSSR count). The van der Waals surface area contributed by atoms with Crippen LogP contribution in [0.5, 0.6) is 0 Å². The first kappa shape index (κ1) is 15.3. The predicted molar refractivity (Wildman–Crippen MR) is 82.4 cm³/mol. The Morgan fingerprint density at radius 3 is 2.60 bits per heavy atom. The van der Waals surface area contributed by atoms with Crippen LogP contribution in [-0.2, 0) is 9.84 Å². The molecule has 0 radical (unpaired) electrons. The number of aromatic nitrogens is 2. The Kier molecular flexibility index (Phi) is 5.04. The highest BCUT2D eigenvalue weighted by atomic mass is 32.2. The normalized spacial score (nSPS) is 11.2. The number of thiocyanates is 1. The maximum Gasteiger partial charge on any atom is 0.175 e. The zero-order valence-corrected chi connectivity index (χ0v) is 13.6. The lowest BCUT2D eigenvalue weighted by Crippen LogP contribution is -1.96. The molecule has 0 aliphatic heterocycles. The van der Waals surface area contributed by atoms with Crippen molar-refractivity contribution in [3.05, 3.63) is 24.3 Å². The number of benzene rings is 1. The Morgan fingerprint density at radius 1 is 1.30 bits per heavy atom. The van der Waals surface area contributed by atoms with Crippen molar-refractivity contribution in [1.29, 1.82) is 5.26 Å². The van der Waals surface area contributed by atoms with Crippen molar-refractivity contribution in [1.82, 2.24) is 8.75 Å². The van der Waals surface area contributed by atoms with Gasteiger partial charge < -0.3 is 0 Å². The molecule has 0 saturated heterocycles. The van der Waals surface area contributed by atoms with Crippen LogP contribution >= 0.6 is 35.3 Å². The second-order valence-electron chi connectivity index (χ2n) is 3.71. The van der Waals surface area contributed by atoms with Crippen molar-refractivity contribution in [2.45, 2.75) is 9.92 Å². The van der Waals surface area contributed by atoms with Gasteiger partial charge in [-0.15, -0.1) is 0 Å². The molecule has 5 nitrogen and oxygen atoms in total. The summed E-state index contributed by atoms with van der Waals surface area (Å²) in [6, 6.07) is 6.55. The first-order valence-corrected chi connectivity index (χ1v) is 9.88. The number of sulfone groups is 1. The molecule has 0 unspecified atom stereocenters. The Labute approximate surface area is 129 Å². The van der Waals surface area contributed by atoms with Gasteiger partial charge in [0.05, 0.1) is 21.7 Å². The van der Waals surface area contributed by atoms with Crippen molar-refractivity contribution in [2.24, 2.45) is 0 Å². The van der Waals surface area contributed by atoms with Gasteiger partial charge in [0.2, 0.25) is 0 Å². The number of hydrogen-bond donors (Lipinski definition) is 0. The Morgan fingerprint density at radius 2 is 2.00 bits per heavy atom. The summed E-state index contributed by atoms with van der Waals surface area (Å²) in [5.74, 6) is 0. The topological polar surface area (TPSA) is 83.7 Å². The molecule has 0 aliphatic rings. The van der Waals surface area contributed by atoms with Crippen LogP contribution < -0.4 is 0 Å². The van der Waals surface area contributed by atoms with Gasteiger partial charge in [0.1, 0.15) is 16.1 Å². The lowest BCUT2D eigenvalue weighted by atomic mass is 10.2. The fraction of sp³-hybridized carbons (Fsp3) is 0.182. The van der Waals surface area contributed by atoms with E-state index in [-0.39, 0.29) is 4.90 Å². The summed E-state index contributed by atoms with van der Waals surface area (Å²) in [6.45, 7) is 0. The number of hydrogen-bond acceptors (Lipinski definition) is 8. The van der Waals surface area contributed by atoms with Gasteiger partial charge in [0.25, 0.3) is 0 Å². The average Bonchev–Trinajstić information content (AvgIpc) is 2.87. The van der Waals surface area contributed by atoms with Gasteiger partial charge in [0, 0.05) is 11.8 Å². The van der Waals surface area contributed by atoms with Gasteiger partial charge in [-0.2, -0.15) is 14.0 Å². The molecule has 0 N–H and O–H groups in total. The molecule has 0 spiro atoms. The van der Waals surface area contributed by atoms with E-state index in [1.165, 1.54) is 18.0 Å². The average molecular weight is 343 g/mol. The summed E-state index contributed by atoms with van der Waals surface area (Å²) in [5, 5.41) is 11.8. The van der Waals surface area contributed by atoms with Gasteiger partial charge in [-0.1, -0.05) is 23.9 Å². The fourth-order valence-electron chi connectivity index (χ4n) is 1.42. The standard InChI is InChI=1S/C11H9N3O2S4/c1-20(15,16)9-4-2-8(3-5-9)10-11(14-19-13-10)18-7-17-6-12/h2-5H,7H2,1H3. The smallest absolute Gasteiger partial charge is 0.175 e. The molecule has 20 heavy (non-hydrogen) atoms. The van der Waals surface area contributed by atoms with Crippen molar-refractivity contribution in [2.75, 3.05) is 11.3 Å². The van der Waals surface area contributed by atoms with Crippen LogP contribution in [-0.4, -0.2) is 28.5 Å². The van der Waals surface area contributed by atoms with Crippen LogP contribution in [0.2, 0.25) is 0 Å². The quantitative estimate of drug-likeness (QED) is 0.357. The zero-order valence-electron chi connectivity index (χ0n) is 10.3. The second kappa shape index (κ2) is 6.58. The Balaban J connectivity index is 2.25. The summed E-state index contributed by atoms with van der Waals surface area (Å²) in [5.41, 5.74) is 1.54. The number of nitrogens with zero attached hydrogens (tertiary/aromatic N) is 3. The van der Waals surface area contributed by atoms with E-state index in [0.29, 0.717) is 5.08 Å². The Bertz CT molecular complexity index is 732. The van der Waals surface area contributed by atoms with Crippen LogP contribution in [0.4, 0.5) is 0 Å². The minimum Gasteiger partial charge on any atom is -0.224 e. The molecule has 0 aliphatic carbocycles. The molecule has 0 bridgehead atoms. The minimum absolute atomic E-state index is 0.277. The van der Waals surface area contributed by atoms with Crippen molar-refractivity contribution < 1.29 is 8.42 Å². The van der Waals surface area contributed by atoms with Crippen molar-refractivity contribution in [3.63, 3.8) is 0 Å². The summed E-state index contributed by atoms with van der Waals surface area (Å²) < 4.78 is 31.2. The van der Waals surface area contributed by atoms with Gasteiger partial charge in [-0.25, -0.2) is 8.42 Å². The molecule has 1 aromatic heterocycles. The minimum atomic E-state index is -3.19. The summed E-state index contributed by atoms with van der Waals surface area (Å²) in [6.07, 6.45) is 1.17. The van der Waals surface area contributed by atoms with E-state index in [1.54, 1.807) is 24.3 Å². The van der Waals surface area contributed by atoms with Gasteiger partial charge >= 0.3 is 0 Å². The monoisotopic (exact) mass is 343 g/mol. The third kappa shape index (κ3) is 3.73. The fourth-order valence-corrected chi connectivity index (χ4v) is 4.09. The lowest BCUT2D eigenvalue weighted by molar-refractivity contribution is 0.602. The van der Waals surface area contributed by atoms with Crippen molar-refractivity contribution >= 4 is 45.1 Å². The van der Waals surface area contributed by atoms with E-state index < -0.39 is 9.84 Å². The molecular weight excluding hydrogens is 334 g/mol. The van der Waals surface area contributed by atoms with Crippen LogP contribution in [0, 0.1) is 10.7 Å². The van der Waals surface area contributed by atoms with Crippen LogP contribution in [0.15, 0.2) is 34.2 Å². The Hall–Kier alpha value is -1.08. The van der Waals surface area contributed by atoms with E-state index in [4.69, 9.17) is 5.26 Å². The second-order valence-corrected chi connectivity index (χ2v) is 8.35. The molecule has 9 heteroatoms. The van der Waals surface area contributed by atoms with E-state index in [9.17, 15) is 8.42 Å². The van der Waals surface area contributed by atoms with Gasteiger partial charge in [-0.3, -0.25) is 0 Å². The lowest BCUT2D eigenvalue weighted by Gasteiger charge is -2.02. The molecule has 0 amide bonds. The molecule has 1 heterocycles. The van der Waals surface area contributed by atoms with E-state index in [1.807, 2.05) is 5.40 Å². The van der Waals surface area contributed by atoms with E-state index in [2.05, 4.69) is 8.75 Å². The van der Waals surface area contributed by atoms with E-state index >= 15 is 0 Å². The molecule has 104 valence electrons. The molecule has 0 atom stereocenters. The highest BCUT2D eigenvalue weighted by Gasteiger charge is 2.13. The van der Waals surface area contributed by atoms with Crippen LogP contribution in [0.25, 0.3) is 11.3 Å². The zero-order chi connectivity index (χ0) is 14.6. The number of thioether (sulfide) groups is 2. The highest BCUT2D eigenvalue weighted by Crippen LogP contribution is 2.31. The first-order chi connectivity index (χ1) is 9.52. The number of nitriles is 1. The molecule has 0 saturated carbocycles. The maximum atomic E-state index is 11.4. The molecule has 2 aromatic rings. The molecular formula is C11H9N3O2S4. The molecule has 1 aromatic carbocycles. The third-order valence-electron chi connectivity index (χ3n) is 2.33. The summed E-state index contributed by atoms with van der Waals surface area (Å²) in [4.78, 5) is 0.277. The summed E-state index contributed by atoms with van der Waals surface area (Å²) in [7, 11) is -3.19.